The number of hydrogen-bond acceptors (Lipinski definition) is 7. The Hall–Kier alpha value is -3.89. The van der Waals surface area contributed by atoms with Crippen molar-refractivity contribution in [2.45, 2.75) is 52.3 Å². The Morgan fingerprint density at radius 1 is 1.06 bits per heavy atom. The molecule has 0 aliphatic rings. The van der Waals surface area contributed by atoms with E-state index in [9.17, 15) is 31.9 Å². The van der Waals surface area contributed by atoms with Gasteiger partial charge in [-0.1, -0.05) is 44.0 Å². The van der Waals surface area contributed by atoms with Crippen LogP contribution in [0.5, 0.6) is 0 Å². The van der Waals surface area contributed by atoms with Crippen molar-refractivity contribution in [1.82, 2.24) is 24.5 Å². The molecule has 0 aliphatic heterocycles. The number of carbonyl (C=O) groups is 2. The van der Waals surface area contributed by atoms with Crippen molar-refractivity contribution in [3.8, 4) is 16.9 Å². The quantitative estimate of drug-likeness (QED) is 0.160. The fourth-order valence-electron chi connectivity index (χ4n) is 3.87. The third-order valence-corrected chi connectivity index (χ3v) is 7.52. The molecule has 2 aromatic carbocycles. The van der Waals surface area contributed by atoms with Crippen LogP contribution in [0.15, 0.2) is 44.0 Å². The van der Waals surface area contributed by atoms with E-state index in [2.05, 4.69) is 31.4 Å². The normalized spacial score (nSPS) is 11.7. The zero-order chi connectivity index (χ0) is 36.5. The van der Waals surface area contributed by atoms with Crippen molar-refractivity contribution >= 4 is 56.8 Å². The van der Waals surface area contributed by atoms with Crippen molar-refractivity contribution in [2.24, 2.45) is 7.05 Å². The van der Waals surface area contributed by atoms with E-state index >= 15 is 0 Å². The molecule has 2 amide bonds. The minimum Gasteiger partial charge on any atom is -0.459 e. The Kier molecular flexibility index (Phi) is 11.8. The molecule has 0 atom stereocenters. The maximum absolute atomic E-state index is 14.3. The molecule has 0 radical (unpaired) electrons. The maximum Gasteiger partial charge on any atom is 0.442 e. The average Bonchev–Trinajstić information content (AvgIpc) is 3.47. The van der Waals surface area contributed by atoms with E-state index in [0.717, 1.165) is 23.9 Å². The predicted molar refractivity (Wildman–Crippen MR) is 175 cm³/mol. The Morgan fingerprint density at radius 2 is 1.69 bits per heavy atom. The number of hydrogen-bond donors (Lipinski definition) is 1. The van der Waals surface area contributed by atoms with Gasteiger partial charge in [-0.25, -0.2) is 18.8 Å². The van der Waals surface area contributed by atoms with Crippen LogP contribution in [-0.4, -0.2) is 56.7 Å². The smallest absolute Gasteiger partial charge is 0.442 e. The second-order valence-electron chi connectivity index (χ2n) is 11.7. The monoisotopic (exact) mass is 780 g/mol. The third kappa shape index (κ3) is 8.96. The summed E-state index contributed by atoms with van der Waals surface area (Å²) in [5.41, 5.74) is -1.35. The number of halogens is 7. The summed E-state index contributed by atoms with van der Waals surface area (Å²) >= 11 is 14.9. The zero-order valence-corrected chi connectivity index (χ0v) is 30.0. The summed E-state index contributed by atoms with van der Waals surface area (Å²) in [6, 6.07) is 6.38. The van der Waals surface area contributed by atoms with Gasteiger partial charge in [0.05, 0.1) is 31.9 Å². The van der Waals surface area contributed by atoms with Crippen LogP contribution in [0, 0.1) is 5.82 Å². The van der Waals surface area contributed by atoms with Crippen LogP contribution < -0.4 is 11.1 Å². The van der Waals surface area contributed by atoms with Gasteiger partial charge in [0.2, 0.25) is 5.89 Å². The third-order valence-electron chi connectivity index (χ3n) is 6.16. The molecule has 11 nitrogen and oxygen atoms in total. The minimum atomic E-state index is -4.69. The highest BCUT2D eigenvalue weighted by molar-refractivity contribution is 9.10. The number of ether oxygens (including phenoxy) is 1. The minimum absolute atomic E-state index is 0.169. The fraction of sp³-hybridized carbons (Fsp3) is 0.367. The number of amides is 2. The molecular formula is C30H31BrCl2F4N6O5. The van der Waals surface area contributed by atoms with Crippen LogP contribution in [-0.2, 0) is 23.4 Å². The van der Waals surface area contributed by atoms with Crippen LogP contribution in [0.4, 0.5) is 28.0 Å². The molecule has 0 unspecified atom stereocenters. The molecule has 1 N–H and O–H groups in total. The number of alkyl halides is 3. The molecule has 0 aliphatic carbocycles. The van der Waals surface area contributed by atoms with Crippen molar-refractivity contribution in [3.63, 3.8) is 0 Å². The lowest BCUT2D eigenvalue weighted by Gasteiger charge is -2.13. The molecule has 0 saturated heterocycles. The number of esters is 1. The van der Waals surface area contributed by atoms with E-state index < -0.39 is 45.4 Å². The fourth-order valence-corrected chi connectivity index (χ4v) is 5.13. The SMILES string of the molecule is CC(C)OC(=O)c1cc(-c2nn(C)c(C(F)(F)F)c2Br)c(F)cc1Cl.CN(C)C(=O)Nc1ccc(-n2nc(C(C)(C)C)oc2=O)c(Cl)c1. The number of nitrogens with one attached hydrogen (secondary N) is 1. The molecular weight excluding hydrogens is 751 g/mol. The number of carbonyl (C=O) groups excluding carboxylic acids is 2. The number of aromatic nitrogens is 4. The van der Waals surface area contributed by atoms with Crippen LogP contribution >= 0.6 is 39.1 Å². The Morgan fingerprint density at radius 3 is 2.17 bits per heavy atom. The van der Waals surface area contributed by atoms with Gasteiger partial charge in [0.15, 0.2) is 5.69 Å². The summed E-state index contributed by atoms with van der Waals surface area (Å²) < 4.78 is 64.9. The highest BCUT2D eigenvalue weighted by Crippen LogP contribution is 2.41. The highest BCUT2D eigenvalue weighted by atomic mass is 79.9. The Balaban J connectivity index is 0.000000261. The van der Waals surface area contributed by atoms with Crippen LogP contribution in [0.1, 0.15) is 56.6 Å². The van der Waals surface area contributed by atoms with Crippen molar-refractivity contribution in [3.05, 3.63) is 78.4 Å². The number of urea groups is 1. The molecule has 260 valence electrons. The Labute approximate surface area is 290 Å². The van der Waals surface area contributed by atoms with Gasteiger partial charge in [-0.05, 0) is 60.1 Å². The first kappa shape index (κ1) is 38.6. The number of rotatable bonds is 5. The number of aryl methyl sites for hydroxylation is 1. The summed E-state index contributed by atoms with van der Waals surface area (Å²) in [6.07, 6.45) is -5.14. The van der Waals surface area contributed by atoms with Gasteiger partial charge in [0, 0.05) is 37.8 Å². The molecule has 2 heterocycles. The molecule has 2 aromatic heterocycles. The zero-order valence-electron chi connectivity index (χ0n) is 26.9. The number of benzene rings is 2. The van der Waals surface area contributed by atoms with E-state index in [-0.39, 0.29) is 32.9 Å². The summed E-state index contributed by atoms with van der Waals surface area (Å²) in [5.74, 6) is -2.02. The van der Waals surface area contributed by atoms with Gasteiger partial charge < -0.3 is 19.4 Å². The standard InChI is InChI=1S/C15H12BrClF4N2O2.C15H19ClN4O3/c1-6(2)25-14(24)7-4-8(10(18)5-9(7)17)12-11(16)13(15(19,20)21)23(3)22-12;1-15(2,3)12-18-20(14(22)23-12)11-7-6-9(8-10(11)16)17-13(21)19(4)5/h4-6H,1-3H3;6-8H,1-5H3,(H,17,21). The second-order valence-corrected chi connectivity index (χ2v) is 13.3. The van der Waals surface area contributed by atoms with E-state index in [0.29, 0.717) is 21.9 Å². The van der Waals surface area contributed by atoms with Crippen LogP contribution in [0.25, 0.3) is 16.9 Å². The van der Waals surface area contributed by atoms with Crippen molar-refractivity contribution < 1.29 is 36.3 Å². The molecule has 18 heteroatoms. The van der Waals surface area contributed by atoms with Crippen molar-refractivity contribution in [1.29, 1.82) is 0 Å². The first-order valence-corrected chi connectivity index (χ1v) is 15.5. The van der Waals surface area contributed by atoms with Gasteiger partial charge in [-0.3, -0.25) is 4.68 Å². The largest absolute Gasteiger partial charge is 0.459 e. The molecule has 0 spiro atoms. The van der Waals surface area contributed by atoms with Gasteiger partial charge in [-0.15, -0.1) is 5.10 Å². The lowest BCUT2D eigenvalue weighted by atomic mass is 9.97. The highest BCUT2D eigenvalue weighted by Gasteiger charge is 2.39. The van der Waals surface area contributed by atoms with E-state index in [1.165, 1.54) is 4.90 Å². The summed E-state index contributed by atoms with van der Waals surface area (Å²) in [5, 5.41) is 10.6. The molecule has 0 fully saturated rings. The lowest BCUT2D eigenvalue weighted by molar-refractivity contribution is -0.144. The molecule has 48 heavy (non-hydrogen) atoms. The number of nitrogens with zero attached hydrogens (tertiary/aromatic N) is 5. The molecule has 0 bridgehead atoms. The summed E-state index contributed by atoms with van der Waals surface area (Å²) in [6.45, 7) is 8.90. The molecule has 4 rings (SSSR count). The van der Waals surface area contributed by atoms with Crippen LogP contribution in [0.3, 0.4) is 0 Å². The van der Waals surface area contributed by atoms with Gasteiger partial charge in [-0.2, -0.15) is 23.0 Å². The lowest BCUT2D eigenvalue weighted by Crippen LogP contribution is -2.27. The predicted octanol–water partition coefficient (Wildman–Crippen LogP) is 8.10. The average molecular weight is 782 g/mol. The maximum atomic E-state index is 14.3. The first-order valence-electron chi connectivity index (χ1n) is 13.9. The Bertz CT molecular complexity index is 1900. The van der Waals surface area contributed by atoms with Gasteiger partial charge in [0.1, 0.15) is 11.5 Å². The van der Waals surface area contributed by atoms with E-state index in [1.807, 2.05) is 20.8 Å². The van der Waals surface area contributed by atoms with E-state index in [4.69, 9.17) is 32.4 Å². The topological polar surface area (TPSA) is 124 Å². The second kappa shape index (κ2) is 14.7. The van der Waals surface area contributed by atoms with Gasteiger partial charge >= 0.3 is 23.9 Å². The number of anilines is 1. The van der Waals surface area contributed by atoms with Crippen molar-refractivity contribution in [2.75, 3.05) is 19.4 Å². The molecule has 4 aromatic rings. The summed E-state index contributed by atoms with van der Waals surface area (Å²) in [4.78, 5) is 37.1. The van der Waals surface area contributed by atoms with Gasteiger partial charge in [0.25, 0.3) is 0 Å². The van der Waals surface area contributed by atoms with Crippen LogP contribution in [0.2, 0.25) is 10.0 Å². The summed E-state index contributed by atoms with van der Waals surface area (Å²) in [7, 11) is 4.35. The van der Waals surface area contributed by atoms with E-state index in [1.54, 1.807) is 46.1 Å². The first-order chi connectivity index (χ1) is 22.0. The molecule has 0 saturated carbocycles.